The molecule has 0 aliphatic heterocycles. The van der Waals surface area contributed by atoms with Gasteiger partial charge in [0.05, 0.1) is 13.7 Å². The van der Waals surface area contributed by atoms with Crippen LogP contribution >= 0.6 is 11.3 Å². The molecule has 1 heterocycles. The average Bonchev–Trinajstić information content (AvgIpc) is 3.00. The summed E-state index contributed by atoms with van der Waals surface area (Å²) in [5.74, 6) is 0.916. The summed E-state index contributed by atoms with van der Waals surface area (Å²) in [7, 11) is 3.62. The largest absolute Gasteiger partial charge is 0.496 e. The van der Waals surface area contributed by atoms with Crippen LogP contribution in [-0.4, -0.2) is 38.1 Å². The van der Waals surface area contributed by atoms with Gasteiger partial charge in [-0.3, -0.25) is 9.69 Å². The second-order valence-corrected chi connectivity index (χ2v) is 6.00. The minimum Gasteiger partial charge on any atom is -0.496 e. The van der Waals surface area contributed by atoms with E-state index in [1.54, 1.807) is 18.4 Å². The first-order valence-corrected chi connectivity index (χ1v) is 8.21. The molecule has 1 amide bonds. The van der Waals surface area contributed by atoms with Gasteiger partial charge in [-0.2, -0.15) is 11.3 Å². The summed E-state index contributed by atoms with van der Waals surface area (Å²) < 4.78 is 5.31. The molecule has 0 atom stereocenters. The van der Waals surface area contributed by atoms with Crippen molar-refractivity contribution in [1.82, 2.24) is 10.2 Å². The van der Waals surface area contributed by atoms with E-state index in [-0.39, 0.29) is 5.91 Å². The van der Waals surface area contributed by atoms with Gasteiger partial charge in [0.1, 0.15) is 5.75 Å². The van der Waals surface area contributed by atoms with Crippen molar-refractivity contribution < 1.29 is 9.53 Å². The molecule has 0 saturated carbocycles. The lowest BCUT2D eigenvalue weighted by atomic mass is 10.1. The van der Waals surface area contributed by atoms with Crippen LogP contribution in [0.5, 0.6) is 5.75 Å². The Balaban J connectivity index is 1.71. The number of likely N-dealkylation sites (N-methyl/N-ethyl adjacent to an activating group) is 1. The van der Waals surface area contributed by atoms with Gasteiger partial charge in [0.2, 0.25) is 5.91 Å². The Labute approximate surface area is 135 Å². The van der Waals surface area contributed by atoms with E-state index in [0.29, 0.717) is 13.1 Å². The Morgan fingerprint density at radius 3 is 2.86 bits per heavy atom. The molecule has 1 aromatic heterocycles. The highest BCUT2D eigenvalue weighted by Gasteiger charge is 2.08. The first-order valence-electron chi connectivity index (χ1n) is 7.27. The highest BCUT2D eigenvalue weighted by Crippen LogP contribution is 2.17. The molecule has 1 aromatic carbocycles. The van der Waals surface area contributed by atoms with Crippen molar-refractivity contribution >= 4 is 17.2 Å². The molecule has 0 aliphatic rings. The molecule has 2 aromatic rings. The zero-order valence-electron chi connectivity index (χ0n) is 13.0. The molecule has 5 heteroatoms. The third kappa shape index (κ3) is 5.16. The summed E-state index contributed by atoms with van der Waals surface area (Å²) in [4.78, 5) is 14.0. The number of amides is 1. The lowest BCUT2D eigenvalue weighted by Crippen LogP contribution is -2.35. The van der Waals surface area contributed by atoms with Crippen molar-refractivity contribution in [3.63, 3.8) is 0 Å². The number of carbonyl (C=O) groups is 1. The molecule has 0 radical (unpaired) electrons. The lowest BCUT2D eigenvalue weighted by Gasteiger charge is -2.15. The van der Waals surface area contributed by atoms with Crippen LogP contribution in [0.1, 0.15) is 11.1 Å². The number of hydrogen-bond acceptors (Lipinski definition) is 4. The van der Waals surface area contributed by atoms with Crippen LogP contribution in [0.15, 0.2) is 41.1 Å². The molecule has 0 aliphatic carbocycles. The maximum absolute atomic E-state index is 11.9. The van der Waals surface area contributed by atoms with E-state index in [1.807, 2.05) is 36.2 Å². The Morgan fingerprint density at radius 2 is 2.14 bits per heavy atom. The summed E-state index contributed by atoms with van der Waals surface area (Å²) in [6.45, 7) is 1.82. The lowest BCUT2D eigenvalue weighted by molar-refractivity contribution is -0.122. The maximum atomic E-state index is 11.9. The molecule has 4 nitrogen and oxygen atoms in total. The SMILES string of the molecule is COc1ccccc1CCNC(=O)CN(C)Cc1ccsc1. The van der Waals surface area contributed by atoms with Gasteiger partial charge in [-0.05, 0) is 47.5 Å². The fourth-order valence-electron chi connectivity index (χ4n) is 2.30. The van der Waals surface area contributed by atoms with Crippen molar-refractivity contribution in [3.8, 4) is 5.75 Å². The zero-order valence-corrected chi connectivity index (χ0v) is 13.9. The smallest absolute Gasteiger partial charge is 0.234 e. The van der Waals surface area contributed by atoms with Crippen molar-refractivity contribution in [3.05, 3.63) is 52.2 Å². The average molecular weight is 318 g/mol. The number of thiophene rings is 1. The second-order valence-electron chi connectivity index (χ2n) is 5.22. The van der Waals surface area contributed by atoms with Crippen molar-refractivity contribution in [2.24, 2.45) is 0 Å². The van der Waals surface area contributed by atoms with Crippen LogP contribution in [0, 0.1) is 0 Å². The van der Waals surface area contributed by atoms with Gasteiger partial charge in [0, 0.05) is 13.1 Å². The van der Waals surface area contributed by atoms with Gasteiger partial charge in [-0.25, -0.2) is 0 Å². The normalized spacial score (nSPS) is 10.7. The molecule has 0 saturated heterocycles. The number of para-hydroxylation sites is 1. The van der Waals surface area contributed by atoms with Gasteiger partial charge < -0.3 is 10.1 Å². The van der Waals surface area contributed by atoms with Gasteiger partial charge in [-0.15, -0.1) is 0 Å². The summed E-state index contributed by atoms with van der Waals surface area (Å²) >= 11 is 1.68. The predicted molar refractivity (Wildman–Crippen MR) is 90.4 cm³/mol. The molecular formula is C17H22N2O2S. The van der Waals surface area contributed by atoms with Crippen molar-refractivity contribution in [2.45, 2.75) is 13.0 Å². The van der Waals surface area contributed by atoms with Gasteiger partial charge in [0.15, 0.2) is 0 Å². The van der Waals surface area contributed by atoms with Gasteiger partial charge in [-0.1, -0.05) is 18.2 Å². The minimum atomic E-state index is 0.0487. The van der Waals surface area contributed by atoms with Crippen LogP contribution in [0.2, 0.25) is 0 Å². The van der Waals surface area contributed by atoms with Crippen LogP contribution in [0.4, 0.5) is 0 Å². The first kappa shape index (κ1) is 16.5. The molecule has 0 bridgehead atoms. The Bertz CT molecular complexity index is 584. The predicted octanol–water partition coefficient (Wildman–Crippen LogP) is 2.55. The molecule has 2 rings (SSSR count). The third-order valence-corrected chi connectivity index (χ3v) is 4.09. The Kier molecular flexibility index (Phi) is 6.43. The highest BCUT2D eigenvalue weighted by molar-refractivity contribution is 7.07. The molecular weight excluding hydrogens is 296 g/mol. The number of ether oxygens (including phenoxy) is 1. The number of nitrogens with one attached hydrogen (secondary N) is 1. The van der Waals surface area contributed by atoms with Gasteiger partial charge in [0.25, 0.3) is 0 Å². The summed E-state index contributed by atoms with van der Waals surface area (Å²) in [5, 5.41) is 7.12. The van der Waals surface area contributed by atoms with E-state index < -0.39 is 0 Å². The monoisotopic (exact) mass is 318 g/mol. The number of hydrogen-bond donors (Lipinski definition) is 1. The fraction of sp³-hybridized carbons (Fsp3) is 0.353. The highest BCUT2D eigenvalue weighted by atomic mass is 32.1. The van der Waals surface area contributed by atoms with E-state index in [2.05, 4.69) is 22.1 Å². The van der Waals surface area contributed by atoms with Crippen LogP contribution in [-0.2, 0) is 17.8 Å². The standard InChI is InChI=1S/C17H22N2O2S/c1-19(11-14-8-10-22-13-14)12-17(20)18-9-7-15-5-3-4-6-16(15)21-2/h3-6,8,10,13H,7,9,11-12H2,1-2H3,(H,18,20). The zero-order chi connectivity index (χ0) is 15.8. The number of carbonyl (C=O) groups excluding carboxylic acids is 1. The molecule has 0 spiro atoms. The van der Waals surface area contributed by atoms with E-state index in [9.17, 15) is 4.79 Å². The topological polar surface area (TPSA) is 41.6 Å². The maximum Gasteiger partial charge on any atom is 0.234 e. The molecule has 22 heavy (non-hydrogen) atoms. The number of nitrogens with zero attached hydrogens (tertiary/aromatic N) is 1. The van der Waals surface area contributed by atoms with Crippen LogP contribution in [0.3, 0.4) is 0 Å². The summed E-state index contributed by atoms with van der Waals surface area (Å²) in [6, 6.07) is 9.97. The van der Waals surface area contributed by atoms with E-state index in [0.717, 1.165) is 24.3 Å². The van der Waals surface area contributed by atoms with Crippen LogP contribution < -0.4 is 10.1 Å². The van der Waals surface area contributed by atoms with Crippen molar-refractivity contribution in [2.75, 3.05) is 27.2 Å². The van der Waals surface area contributed by atoms with E-state index in [1.165, 1.54) is 5.56 Å². The Hall–Kier alpha value is -1.85. The molecule has 1 N–H and O–H groups in total. The van der Waals surface area contributed by atoms with Crippen LogP contribution in [0.25, 0.3) is 0 Å². The number of benzene rings is 1. The van der Waals surface area contributed by atoms with Gasteiger partial charge >= 0.3 is 0 Å². The van der Waals surface area contributed by atoms with Crippen molar-refractivity contribution in [1.29, 1.82) is 0 Å². The van der Waals surface area contributed by atoms with E-state index in [4.69, 9.17) is 4.74 Å². The molecule has 0 unspecified atom stereocenters. The first-order chi connectivity index (χ1) is 10.7. The van der Waals surface area contributed by atoms with E-state index >= 15 is 0 Å². The summed E-state index contributed by atoms with van der Waals surface area (Å²) in [5.41, 5.74) is 2.35. The fourth-order valence-corrected chi connectivity index (χ4v) is 2.96. The minimum absolute atomic E-state index is 0.0487. The second kappa shape index (κ2) is 8.56. The molecule has 0 fully saturated rings. The summed E-state index contributed by atoms with van der Waals surface area (Å²) in [6.07, 6.45) is 0.768. The quantitative estimate of drug-likeness (QED) is 0.813. The molecule has 118 valence electrons. The number of rotatable bonds is 8. The Morgan fingerprint density at radius 1 is 1.32 bits per heavy atom. The third-order valence-electron chi connectivity index (χ3n) is 3.36. The number of methoxy groups -OCH3 is 1.